The lowest BCUT2D eigenvalue weighted by Gasteiger charge is -1.97. The van der Waals surface area contributed by atoms with E-state index in [0.717, 1.165) is 0 Å². The van der Waals surface area contributed by atoms with Crippen LogP contribution < -0.4 is 4.72 Å². The van der Waals surface area contributed by atoms with E-state index in [1.165, 1.54) is 0 Å². The van der Waals surface area contributed by atoms with E-state index in [0.29, 0.717) is 0 Å². The lowest BCUT2D eigenvalue weighted by atomic mass is 10.2. The summed E-state index contributed by atoms with van der Waals surface area (Å²) in [5.41, 5.74) is 0. The number of amides is 1. The SMILES string of the molecule is CC(C)C(=O)NS. The summed E-state index contributed by atoms with van der Waals surface area (Å²) in [6, 6.07) is 0. The number of rotatable bonds is 1. The Labute approximate surface area is 48.8 Å². The van der Waals surface area contributed by atoms with Crippen molar-refractivity contribution in [2.75, 3.05) is 0 Å². The molecule has 0 saturated heterocycles. The highest BCUT2D eigenvalue weighted by Gasteiger charge is 2.01. The Morgan fingerprint density at radius 3 is 2.14 bits per heavy atom. The van der Waals surface area contributed by atoms with Crippen molar-refractivity contribution in [2.45, 2.75) is 13.8 Å². The highest BCUT2D eigenvalue weighted by Crippen LogP contribution is 1.89. The Kier molecular flexibility index (Phi) is 2.83. The molecule has 1 N–H and O–H groups in total. The van der Waals surface area contributed by atoms with Crippen molar-refractivity contribution in [3.05, 3.63) is 0 Å². The maximum absolute atomic E-state index is 10.3. The largest absolute Gasteiger partial charge is 0.303 e. The van der Waals surface area contributed by atoms with Crippen LogP contribution in [0.25, 0.3) is 0 Å². The molecule has 0 aliphatic carbocycles. The molecule has 2 nitrogen and oxygen atoms in total. The van der Waals surface area contributed by atoms with Crippen molar-refractivity contribution >= 4 is 18.7 Å². The van der Waals surface area contributed by atoms with Gasteiger partial charge in [-0.25, -0.2) is 0 Å². The van der Waals surface area contributed by atoms with Crippen LogP contribution in [0.1, 0.15) is 13.8 Å². The molecule has 1 amide bonds. The second kappa shape index (κ2) is 2.91. The van der Waals surface area contributed by atoms with E-state index in [1.807, 2.05) is 13.8 Å². The van der Waals surface area contributed by atoms with Crippen molar-refractivity contribution in [1.29, 1.82) is 0 Å². The van der Waals surface area contributed by atoms with Gasteiger partial charge in [0, 0.05) is 5.92 Å². The highest BCUT2D eigenvalue weighted by molar-refractivity contribution is 7.78. The molecule has 42 valence electrons. The minimum atomic E-state index is -0.0386. The lowest BCUT2D eigenvalue weighted by Crippen LogP contribution is -2.18. The van der Waals surface area contributed by atoms with E-state index in [-0.39, 0.29) is 11.8 Å². The number of thiol groups is 1. The van der Waals surface area contributed by atoms with Gasteiger partial charge in [0.15, 0.2) is 0 Å². The van der Waals surface area contributed by atoms with Gasteiger partial charge in [0.05, 0.1) is 0 Å². The normalized spacial score (nSPS) is 9.14. The Morgan fingerprint density at radius 1 is 1.71 bits per heavy atom. The second-order valence-electron chi connectivity index (χ2n) is 1.63. The summed E-state index contributed by atoms with van der Waals surface area (Å²) in [7, 11) is 0. The molecule has 0 atom stereocenters. The van der Waals surface area contributed by atoms with E-state index in [4.69, 9.17) is 0 Å². The van der Waals surface area contributed by atoms with Crippen molar-refractivity contribution in [1.82, 2.24) is 4.72 Å². The first kappa shape index (κ1) is 6.82. The standard InChI is InChI=1S/C4H9NOS/c1-3(2)4(6)5-7/h3,7H,1-2H3,(H,5,6). The first-order chi connectivity index (χ1) is 3.18. The molecule has 0 bridgehead atoms. The summed E-state index contributed by atoms with van der Waals surface area (Å²) >= 11 is 3.56. The quantitative estimate of drug-likeness (QED) is 0.486. The smallest absolute Gasteiger partial charge is 0.232 e. The van der Waals surface area contributed by atoms with E-state index < -0.39 is 0 Å². The first-order valence-electron chi connectivity index (χ1n) is 2.12. The Bertz CT molecular complexity index is 72.1. The van der Waals surface area contributed by atoms with Gasteiger partial charge in [-0.2, -0.15) is 0 Å². The number of carbonyl (C=O) groups excluding carboxylic acids is 1. The lowest BCUT2D eigenvalue weighted by molar-refractivity contribution is -0.121. The van der Waals surface area contributed by atoms with Crippen LogP contribution in [-0.4, -0.2) is 5.91 Å². The van der Waals surface area contributed by atoms with Crippen LogP contribution in [0, 0.1) is 5.92 Å². The third-order valence-corrected chi connectivity index (χ3v) is 0.855. The summed E-state index contributed by atoms with van der Waals surface area (Å²) < 4.78 is 2.22. The van der Waals surface area contributed by atoms with Gasteiger partial charge in [-0.1, -0.05) is 26.7 Å². The molecule has 0 aromatic carbocycles. The van der Waals surface area contributed by atoms with Gasteiger partial charge < -0.3 is 4.72 Å². The minimum Gasteiger partial charge on any atom is -0.303 e. The molecule has 0 unspecified atom stereocenters. The first-order valence-corrected chi connectivity index (χ1v) is 2.57. The van der Waals surface area contributed by atoms with Gasteiger partial charge >= 0.3 is 0 Å². The van der Waals surface area contributed by atoms with Gasteiger partial charge in [-0.05, 0) is 0 Å². The van der Waals surface area contributed by atoms with Crippen LogP contribution in [-0.2, 0) is 4.79 Å². The zero-order valence-corrected chi connectivity index (χ0v) is 5.33. The summed E-state index contributed by atoms with van der Waals surface area (Å²) in [4.78, 5) is 10.3. The third kappa shape index (κ3) is 2.51. The van der Waals surface area contributed by atoms with E-state index in [9.17, 15) is 4.79 Å². The van der Waals surface area contributed by atoms with Crippen molar-refractivity contribution in [3.63, 3.8) is 0 Å². The van der Waals surface area contributed by atoms with Crippen LogP contribution in [0.15, 0.2) is 0 Å². The average Bonchev–Trinajstić information content (AvgIpc) is 1.65. The molecular formula is C4H9NOS. The van der Waals surface area contributed by atoms with Crippen LogP contribution >= 0.6 is 12.8 Å². The van der Waals surface area contributed by atoms with Crippen molar-refractivity contribution < 1.29 is 4.79 Å². The van der Waals surface area contributed by atoms with E-state index in [2.05, 4.69) is 17.5 Å². The highest BCUT2D eigenvalue weighted by atomic mass is 32.1. The molecule has 0 fully saturated rings. The Hall–Kier alpha value is -0.180. The monoisotopic (exact) mass is 119 g/mol. The van der Waals surface area contributed by atoms with Crippen LogP contribution in [0.3, 0.4) is 0 Å². The molecule has 0 saturated carbocycles. The molecule has 0 aromatic heterocycles. The summed E-state index contributed by atoms with van der Waals surface area (Å²) in [5, 5.41) is 0. The fourth-order valence-corrected chi connectivity index (χ4v) is 0.387. The topological polar surface area (TPSA) is 29.1 Å². The molecule has 0 radical (unpaired) electrons. The van der Waals surface area contributed by atoms with Gasteiger partial charge in [0.2, 0.25) is 5.91 Å². The number of hydrogen-bond donors (Lipinski definition) is 2. The maximum atomic E-state index is 10.3. The zero-order chi connectivity index (χ0) is 5.86. The molecule has 3 heteroatoms. The fraction of sp³-hybridized carbons (Fsp3) is 0.750. The molecule has 0 aliphatic heterocycles. The van der Waals surface area contributed by atoms with Crippen LogP contribution in [0.4, 0.5) is 0 Å². The predicted octanol–water partition coefficient (Wildman–Crippen LogP) is 0.603. The van der Waals surface area contributed by atoms with Gasteiger partial charge in [-0.3, -0.25) is 4.79 Å². The predicted molar refractivity (Wildman–Crippen MR) is 32.0 cm³/mol. The fourth-order valence-electron chi connectivity index (χ4n) is 0.129. The Balaban J connectivity index is 3.35. The second-order valence-corrected chi connectivity index (χ2v) is 1.85. The van der Waals surface area contributed by atoms with Crippen LogP contribution in [0.2, 0.25) is 0 Å². The minimum absolute atomic E-state index is 0.0386. The summed E-state index contributed by atoms with van der Waals surface area (Å²) in [6.45, 7) is 3.62. The van der Waals surface area contributed by atoms with Crippen molar-refractivity contribution in [2.24, 2.45) is 5.92 Å². The zero-order valence-electron chi connectivity index (χ0n) is 4.43. The number of nitrogens with one attached hydrogen (secondary N) is 1. The van der Waals surface area contributed by atoms with Crippen LogP contribution in [0.5, 0.6) is 0 Å². The summed E-state index contributed by atoms with van der Waals surface area (Å²) in [6.07, 6.45) is 0. The molecule has 0 heterocycles. The van der Waals surface area contributed by atoms with E-state index in [1.54, 1.807) is 0 Å². The molecule has 0 rings (SSSR count). The van der Waals surface area contributed by atoms with E-state index >= 15 is 0 Å². The van der Waals surface area contributed by atoms with Crippen molar-refractivity contribution in [3.8, 4) is 0 Å². The number of hydrogen-bond acceptors (Lipinski definition) is 2. The molecule has 0 aliphatic rings. The maximum Gasteiger partial charge on any atom is 0.232 e. The average molecular weight is 119 g/mol. The molecule has 0 aromatic rings. The van der Waals surface area contributed by atoms with Gasteiger partial charge in [0.1, 0.15) is 0 Å². The number of carbonyl (C=O) groups is 1. The third-order valence-electron chi connectivity index (χ3n) is 0.635. The van der Waals surface area contributed by atoms with Gasteiger partial charge in [-0.15, -0.1) is 0 Å². The molecular weight excluding hydrogens is 110 g/mol. The van der Waals surface area contributed by atoms with Gasteiger partial charge in [0.25, 0.3) is 0 Å². The molecule has 0 spiro atoms. The molecule has 7 heavy (non-hydrogen) atoms. The summed E-state index contributed by atoms with van der Waals surface area (Å²) in [5.74, 6) is 0.000772. The Morgan fingerprint density at radius 2 is 2.14 bits per heavy atom.